The second kappa shape index (κ2) is 8.35. The maximum absolute atomic E-state index is 12.6. The van der Waals surface area contributed by atoms with Crippen LogP contribution >= 0.6 is 0 Å². The van der Waals surface area contributed by atoms with Crippen molar-refractivity contribution in [3.8, 4) is 0 Å². The molecule has 3 rings (SSSR count). The van der Waals surface area contributed by atoms with Gasteiger partial charge in [0.15, 0.2) is 0 Å². The van der Waals surface area contributed by atoms with Gasteiger partial charge in [0.05, 0.1) is 0 Å². The Hall–Kier alpha value is -1.35. The topological polar surface area (TPSA) is 23.6 Å². The minimum atomic E-state index is 0.341. The SMILES string of the molecule is Cc1ccc(C2CN(C(=O)CC(C)C)CC2CN2CCCCC2)cc1. The number of nitrogens with zero attached hydrogens (tertiary/aromatic N) is 2. The lowest BCUT2D eigenvalue weighted by molar-refractivity contribution is -0.131. The Bertz CT molecular complexity index is 560. The molecule has 1 aromatic carbocycles. The van der Waals surface area contributed by atoms with Gasteiger partial charge in [0.1, 0.15) is 0 Å². The second-order valence-corrected chi connectivity index (χ2v) is 8.54. The summed E-state index contributed by atoms with van der Waals surface area (Å²) in [5.74, 6) is 1.83. The largest absolute Gasteiger partial charge is 0.342 e. The van der Waals surface area contributed by atoms with E-state index in [0.717, 1.165) is 19.6 Å². The third kappa shape index (κ3) is 4.84. The fourth-order valence-corrected chi connectivity index (χ4v) is 4.40. The highest BCUT2D eigenvalue weighted by atomic mass is 16.2. The van der Waals surface area contributed by atoms with E-state index in [4.69, 9.17) is 0 Å². The van der Waals surface area contributed by atoms with Crippen molar-refractivity contribution in [3.63, 3.8) is 0 Å². The molecule has 1 amide bonds. The molecule has 2 atom stereocenters. The molecule has 0 aromatic heterocycles. The number of amides is 1. The number of carbonyl (C=O) groups is 1. The Balaban J connectivity index is 1.73. The van der Waals surface area contributed by atoms with Gasteiger partial charge in [-0.05, 0) is 50.3 Å². The van der Waals surface area contributed by atoms with Gasteiger partial charge in [-0.1, -0.05) is 50.1 Å². The van der Waals surface area contributed by atoms with Crippen LogP contribution in [0.5, 0.6) is 0 Å². The number of rotatable bonds is 5. The molecule has 0 N–H and O–H groups in total. The molecular weight excluding hydrogens is 308 g/mol. The van der Waals surface area contributed by atoms with Crippen molar-refractivity contribution in [1.82, 2.24) is 9.80 Å². The lowest BCUT2D eigenvalue weighted by Gasteiger charge is -2.31. The lowest BCUT2D eigenvalue weighted by Crippen LogP contribution is -2.37. The summed E-state index contributed by atoms with van der Waals surface area (Å²) in [4.78, 5) is 17.4. The van der Waals surface area contributed by atoms with Gasteiger partial charge >= 0.3 is 0 Å². The molecule has 2 saturated heterocycles. The fraction of sp³-hybridized carbons (Fsp3) is 0.682. The van der Waals surface area contributed by atoms with E-state index in [1.807, 2.05) is 0 Å². The molecule has 0 radical (unpaired) electrons. The zero-order valence-electron chi connectivity index (χ0n) is 16.2. The van der Waals surface area contributed by atoms with Gasteiger partial charge in [-0.3, -0.25) is 4.79 Å². The van der Waals surface area contributed by atoms with E-state index < -0.39 is 0 Å². The standard InChI is InChI=1S/C22H34N2O/c1-17(2)13-22(25)24-15-20(14-23-11-5-4-6-12-23)21(16-24)19-9-7-18(3)8-10-19/h7-10,17,20-21H,4-6,11-16H2,1-3H3. The van der Waals surface area contributed by atoms with Crippen molar-refractivity contribution < 1.29 is 4.79 Å². The molecule has 2 heterocycles. The molecule has 2 aliphatic heterocycles. The van der Waals surface area contributed by atoms with Crippen LogP contribution in [0.25, 0.3) is 0 Å². The average molecular weight is 343 g/mol. The van der Waals surface area contributed by atoms with E-state index in [9.17, 15) is 4.79 Å². The normalized spacial score (nSPS) is 24.9. The van der Waals surface area contributed by atoms with Crippen molar-refractivity contribution in [2.75, 3.05) is 32.7 Å². The van der Waals surface area contributed by atoms with Crippen molar-refractivity contribution in [2.24, 2.45) is 11.8 Å². The quantitative estimate of drug-likeness (QED) is 0.805. The smallest absolute Gasteiger partial charge is 0.222 e. The van der Waals surface area contributed by atoms with Gasteiger partial charge in [0, 0.05) is 32.0 Å². The zero-order valence-corrected chi connectivity index (χ0v) is 16.2. The zero-order chi connectivity index (χ0) is 17.8. The predicted octanol–water partition coefficient (Wildman–Crippen LogP) is 4.07. The number of hydrogen-bond acceptors (Lipinski definition) is 2. The third-order valence-corrected chi connectivity index (χ3v) is 5.82. The van der Waals surface area contributed by atoms with Gasteiger partial charge in [0.2, 0.25) is 5.91 Å². The predicted molar refractivity (Wildman–Crippen MR) is 104 cm³/mol. The number of likely N-dealkylation sites (tertiary alicyclic amines) is 2. The van der Waals surface area contributed by atoms with Crippen LogP contribution in [0.4, 0.5) is 0 Å². The number of carbonyl (C=O) groups excluding carboxylic acids is 1. The fourth-order valence-electron chi connectivity index (χ4n) is 4.40. The van der Waals surface area contributed by atoms with E-state index in [1.54, 1.807) is 0 Å². The van der Waals surface area contributed by atoms with Gasteiger partial charge in [-0.15, -0.1) is 0 Å². The van der Waals surface area contributed by atoms with Gasteiger partial charge in [-0.25, -0.2) is 0 Å². The third-order valence-electron chi connectivity index (χ3n) is 5.82. The molecule has 0 saturated carbocycles. The summed E-state index contributed by atoms with van der Waals surface area (Å²) < 4.78 is 0. The van der Waals surface area contributed by atoms with Crippen LogP contribution in [-0.2, 0) is 4.79 Å². The van der Waals surface area contributed by atoms with E-state index in [-0.39, 0.29) is 0 Å². The second-order valence-electron chi connectivity index (χ2n) is 8.54. The summed E-state index contributed by atoms with van der Waals surface area (Å²) in [6.07, 6.45) is 4.72. The Morgan fingerprint density at radius 2 is 1.76 bits per heavy atom. The first kappa shape index (κ1) is 18.4. The van der Waals surface area contributed by atoms with Crippen LogP contribution in [0.3, 0.4) is 0 Å². The van der Waals surface area contributed by atoms with E-state index >= 15 is 0 Å². The van der Waals surface area contributed by atoms with Crippen LogP contribution in [0.2, 0.25) is 0 Å². The number of aryl methyl sites for hydroxylation is 1. The summed E-state index contributed by atoms with van der Waals surface area (Å²) in [7, 11) is 0. The maximum Gasteiger partial charge on any atom is 0.222 e. The van der Waals surface area contributed by atoms with Crippen LogP contribution in [0, 0.1) is 18.8 Å². The van der Waals surface area contributed by atoms with Gasteiger partial charge < -0.3 is 9.80 Å². The van der Waals surface area contributed by atoms with E-state index in [2.05, 4.69) is 54.8 Å². The molecule has 25 heavy (non-hydrogen) atoms. The molecule has 3 heteroatoms. The summed E-state index contributed by atoms with van der Waals surface area (Å²) in [6, 6.07) is 8.98. The average Bonchev–Trinajstić information content (AvgIpc) is 3.00. The Kier molecular flexibility index (Phi) is 6.16. The van der Waals surface area contributed by atoms with Gasteiger partial charge in [0.25, 0.3) is 0 Å². The highest BCUT2D eigenvalue weighted by Gasteiger charge is 2.37. The minimum Gasteiger partial charge on any atom is -0.342 e. The van der Waals surface area contributed by atoms with Crippen molar-refractivity contribution in [2.45, 2.75) is 52.4 Å². The molecule has 2 aliphatic rings. The molecule has 0 aliphatic carbocycles. The van der Waals surface area contributed by atoms with Crippen LogP contribution in [-0.4, -0.2) is 48.4 Å². The molecule has 138 valence electrons. The van der Waals surface area contributed by atoms with E-state index in [1.165, 1.54) is 43.5 Å². The van der Waals surface area contributed by atoms with Crippen LogP contribution in [0.1, 0.15) is 56.6 Å². The molecule has 2 unspecified atom stereocenters. The highest BCUT2D eigenvalue weighted by Crippen LogP contribution is 2.34. The maximum atomic E-state index is 12.6. The monoisotopic (exact) mass is 342 g/mol. The Morgan fingerprint density at radius 1 is 1.08 bits per heavy atom. The Morgan fingerprint density at radius 3 is 2.40 bits per heavy atom. The number of hydrogen-bond donors (Lipinski definition) is 0. The highest BCUT2D eigenvalue weighted by molar-refractivity contribution is 5.76. The molecule has 2 fully saturated rings. The number of piperidine rings is 1. The minimum absolute atomic E-state index is 0.341. The Labute approximate surface area is 153 Å². The van der Waals surface area contributed by atoms with Crippen LogP contribution < -0.4 is 0 Å². The summed E-state index contributed by atoms with van der Waals surface area (Å²) in [6.45, 7) is 11.8. The first-order valence-corrected chi connectivity index (χ1v) is 10.1. The lowest BCUT2D eigenvalue weighted by atomic mass is 9.88. The first-order valence-electron chi connectivity index (χ1n) is 10.1. The summed E-state index contributed by atoms with van der Waals surface area (Å²) in [5, 5.41) is 0. The molecule has 3 nitrogen and oxygen atoms in total. The van der Waals surface area contributed by atoms with E-state index in [0.29, 0.717) is 30.1 Å². The van der Waals surface area contributed by atoms with Crippen molar-refractivity contribution >= 4 is 5.91 Å². The van der Waals surface area contributed by atoms with Gasteiger partial charge in [-0.2, -0.15) is 0 Å². The van der Waals surface area contributed by atoms with Crippen molar-refractivity contribution in [1.29, 1.82) is 0 Å². The molecule has 0 bridgehead atoms. The molecule has 0 spiro atoms. The molecular formula is C22H34N2O. The first-order chi connectivity index (χ1) is 12.0. The van der Waals surface area contributed by atoms with Crippen LogP contribution in [0.15, 0.2) is 24.3 Å². The van der Waals surface area contributed by atoms with Crippen molar-refractivity contribution in [3.05, 3.63) is 35.4 Å². The molecule has 1 aromatic rings. The summed E-state index contributed by atoms with van der Waals surface area (Å²) >= 11 is 0. The summed E-state index contributed by atoms with van der Waals surface area (Å²) in [5.41, 5.74) is 2.72. The number of benzene rings is 1.